The Morgan fingerprint density at radius 1 is 1.04 bits per heavy atom. The Morgan fingerprint density at radius 2 is 1.70 bits per heavy atom. The number of rotatable bonds is 6. The SMILES string of the molecule is C=CCN1C(=O)c2ccc(C(=O)O[C@H](C)C(=O)c3ccccc3)cc2C1=O. The van der Waals surface area contributed by atoms with Gasteiger partial charge in [0.15, 0.2) is 6.10 Å². The third kappa shape index (κ3) is 3.42. The largest absolute Gasteiger partial charge is 0.451 e. The minimum atomic E-state index is -0.984. The van der Waals surface area contributed by atoms with Crippen LogP contribution in [0, 0.1) is 0 Å². The normalized spacial score (nSPS) is 13.9. The molecule has 0 bridgehead atoms. The Bertz CT molecular complexity index is 948. The van der Waals surface area contributed by atoms with Gasteiger partial charge in [-0.25, -0.2) is 4.79 Å². The maximum absolute atomic E-state index is 12.4. The summed E-state index contributed by atoms with van der Waals surface area (Å²) >= 11 is 0. The van der Waals surface area contributed by atoms with Gasteiger partial charge in [-0.05, 0) is 25.1 Å². The number of ketones is 1. The maximum Gasteiger partial charge on any atom is 0.338 e. The number of nitrogens with zero attached hydrogens (tertiary/aromatic N) is 1. The molecule has 1 atom stereocenters. The highest BCUT2D eigenvalue weighted by atomic mass is 16.5. The van der Waals surface area contributed by atoms with Crippen LogP contribution >= 0.6 is 0 Å². The molecule has 1 heterocycles. The number of esters is 1. The fourth-order valence-electron chi connectivity index (χ4n) is 2.83. The summed E-state index contributed by atoms with van der Waals surface area (Å²) in [4.78, 5) is 50.3. The van der Waals surface area contributed by atoms with Crippen LogP contribution in [0.3, 0.4) is 0 Å². The summed E-state index contributed by atoms with van der Waals surface area (Å²) in [5.74, 6) is -1.98. The molecule has 0 fully saturated rings. The fourth-order valence-corrected chi connectivity index (χ4v) is 2.83. The molecule has 0 N–H and O–H groups in total. The highest BCUT2D eigenvalue weighted by Gasteiger charge is 2.35. The fraction of sp³-hybridized carbons (Fsp3) is 0.143. The molecule has 0 unspecified atom stereocenters. The van der Waals surface area contributed by atoms with Crippen LogP contribution in [0.1, 0.15) is 48.4 Å². The number of fused-ring (bicyclic) bond motifs is 1. The van der Waals surface area contributed by atoms with Crippen LogP contribution < -0.4 is 0 Å². The Kier molecular flexibility index (Phi) is 4.98. The lowest BCUT2D eigenvalue weighted by atomic mass is 10.1. The van der Waals surface area contributed by atoms with Gasteiger partial charge in [0.2, 0.25) is 5.78 Å². The summed E-state index contributed by atoms with van der Waals surface area (Å²) in [6.07, 6.45) is 0.469. The number of benzene rings is 2. The van der Waals surface area contributed by atoms with Crippen molar-refractivity contribution in [2.24, 2.45) is 0 Å². The minimum Gasteiger partial charge on any atom is -0.451 e. The van der Waals surface area contributed by atoms with E-state index in [4.69, 9.17) is 4.74 Å². The molecule has 1 aliphatic rings. The van der Waals surface area contributed by atoms with Gasteiger partial charge in [-0.15, -0.1) is 6.58 Å². The standard InChI is InChI=1S/C21H17NO5/c1-3-11-22-19(24)16-10-9-15(12-17(16)20(22)25)21(26)27-13(2)18(23)14-7-5-4-6-8-14/h3-10,12-13H,1,11H2,2H3/t13-/m1/s1. The van der Waals surface area contributed by atoms with Gasteiger partial charge in [0.25, 0.3) is 11.8 Å². The van der Waals surface area contributed by atoms with Crippen molar-refractivity contribution in [2.75, 3.05) is 6.54 Å². The van der Waals surface area contributed by atoms with E-state index in [0.29, 0.717) is 5.56 Å². The average Bonchev–Trinajstić information content (AvgIpc) is 2.92. The molecule has 0 saturated heterocycles. The molecular formula is C21H17NO5. The summed E-state index contributed by atoms with van der Waals surface area (Å²) < 4.78 is 5.23. The van der Waals surface area contributed by atoms with Crippen molar-refractivity contribution in [1.29, 1.82) is 0 Å². The molecule has 0 saturated carbocycles. The lowest BCUT2D eigenvalue weighted by Gasteiger charge is -2.12. The number of imide groups is 1. The molecular weight excluding hydrogens is 346 g/mol. The quantitative estimate of drug-likeness (QED) is 0.341. The van der Waals surface area contributed by atoms with Gasteiger partial charge in [-0.1, -0.05) is 36.4 Å². The lowest BCUT2D eigenvalue weighted by molar-refractivity contribution is 0.0318. The smallest absolute Gasteiger partial charge is 0.338 e. The van der Waals surface area contributed by atoms with E-state index in [1.807, 2.05) is 0 Å². The first-order valence-electron chi connectivity index (χ1n) is 8.35. The third-order valence-electron chi connectivity index (χ3n) is 4.23. The zero-order chi connectivity index (χ0) is 19.6. The minimum absolute atomic E-state index is 0.0920. The van der Waals surface area contributed by atoms with Gasteiger partial charge < -0.3 is 4.74 Å². The van der Waals surface area contributed by atoms with E-state index >= 15 is 0 Å². The molecule has 0 spiro atoms. The van der Waals surface area contributed by atoms with Crippen LogP contribution in [0.5, 0.6) is 0 Å². The number of hydrogen-bond acceptors (Lipinski definition) is 5. The lowest BCUT2D eigenvalue weighted by Crippen LogP contribution is -2.29. The molecule has 0 radical (unpaired) electrons. The molecule has 0 aliphatic carbocycles. The molecule has 0 aromatic heterocycles. The van der Waals surface area contributed by atoms with Gasteiger partial charge >= 0.3 is 5.97 Å². The van der Waals surface area contributed by atoms with Crippen molar-refractivity contribution in [3.8, 4) is 0 Å². The van der Waals surface area contributed by atoms with Crippen LogP contribution in [0.15, 0.2) is 61.2 Å². The first kappa shape index (κ1) is 18.3. The van der Waals surface area contributed by atoms with Crippen LogP contribution in [0.2, 0.25) is 0 Å². The van der Waals surface area contributed by atoms with E-state index in [0.717, 1.165) is 4.90 Å². The maximum atomic E-state index is 12.4. The number of amides is 2. The number of Topliss-reactive ketones (excluding diaryl/α,β-unsaturated/α-hetero) is 1. The van der Waals surface area contributed by atoms with Crippen molar-refractivity contribution in [3.63, 3.8) is 0 Å². The Balaban J connectivity index is 1.77. The Hall–Kier alpha value is -3.54. The van der Waals surface area contributed by atoms with E-state index < -0.39 is 23.9 Å². The number of ether oxygens (including phenoxy) is 1. The molecule has 1 aliphatic heterocycles. The third-order valence-corrected chi connectivity index (χ3v) is 4.23. The molecule has 27 heavy (non-hydrogen) atoms. The number of carbonyl (C=O) groups is 4. The molecule has 6 heteroatoms. The molecule has 136 valence electrons. The van der Waals surface area contributed by atoms with Gasteiger partial charge in [-0.2, -0.15) is 0 Å². The summed E-state index contributed by atoms with van der Waals surface area (Å²) in [7, 11) is 0. The zero-order valence-electron chi connectivity index (χ0n) is 14.7. The van der Waals surface area contributed by atoms with Gasteiger partial charge in [0, 0.05) is 12.1 Å². The van der Waals surface area contributed by atoms with E-state index in [1.165, 1.54) is 31.2 Å². The molecule has 3 rings (SSSR count). The monoisotopic (exact) mass is 363 g/mol. The second-order valence-electron chi connectivity index (χ2n) is 6.05. The second-order valence-corrected chi connectivity index (χ2v) is 6.05. The molecule has 2 aromatic rings. The van der Waals surface area contributed by atoms with Gasteiger partial charge in [0.05, 0.1) is 16.7 Å². The Labute approximate surface area is 156 Å². The predicted molar refractivity (Wildman–Crippen MR) is 97.7 cm³/mol. The van der Waals surface area contributed by atoms with E-state index in [1.54, 1.807) is 30.3 Å². The van der Waals surface area contributed by atoms with Crippen molar-refractivity contribution < 1.29 is 23.9 Å². The van der Waals surface area contributed by atoms with Crippen LogP contribution in [-0.2, 0) is 4.74 Å². The highest BCUT2D eigenvalue weighted by Crippen LogP contribution is 2.24. The number of carbonyl (C=O) groups excluding carboxylic acids is 4. The topological polar surface area (TPSA) is 80.8 Å². The van der Waals surface area contributed by atoms with Crippen molar-refractivity contribution >= 4 is 23.6 Å². The highest BCUT2D eigenvalue weighted by molar-refractivity contribution is 6.22. The molecule has 2 amide bonds. The summed E-state index contributed by atoms with van der Waals surface area (Å²) in [6.45, 7) is 5.10. The predicted octanol–water partition coefficient (Wildman–Crippen LogP) is 2.90. The van der Waals surface area contributed by atoms with Crippen LogP contribution in [0.25, 0.3) is 0 Å². The first-order chi connectivity index (χ1) is 12.9. The number of hydrogen-bond donors (Lipinski definition) is 0. The van der Waals surface area contributed by atoms with Crippen molar-refractivity contribution in [1.82, 2.24) is 4.90 Å². The second kappa shape index (κ2) is 7.37. The van der Waals surface area contributed by atoms with E-state index in [9.17, 15) is 19.2 Å². The first-order valence-corrected chi connectivity index (χ1v) is 8.35. The zero-order valence-corrected chi connectivity index (χ0v) is 14.7. The summed E-state index contributed by atoms with van der Waals surface area (Å²) in [5.41, 5.74) is 0.904. The van der Waals surface area contributed by atoms with E-state index in [2.05, 4.69) is 6.58 Å². The van der Waals surface area contributed by atoms with Crippen LogP contribution in [-0.4, -0.2) is 41.1 Å². The van der Waals surface area contributed by atoms with Gasteiger partial charge in [-0.3, -0.25) is 19.3 Å². The summed E-state index contributed by atoms with van der Waals surface area (Å²) in [5, 5.41) is 0. The molecule has 6 nitrogen and oxygen atoms in total. The van der Waals surface area contributed by atoms with Crippen molar-refractivity contribution in [2.45, 2.75) is 13.0 Å². The van der Waals surface area contributed by atoms with E-state index in [-0.39, 0.29) is 29.0 Å². The van der Waals surface area contributed by atoms with Crippen LogP contribution in [0.4, 0.5) is 0 Å². The Morgan fingerprint density at radius 3 is 2.37 bits per heavy atom. The average molecular weight is 363 g/mol. The summed E-state index contributed by atoms with van der Waals surface area (Å²) in [6, 6.07) is 12.6. The van der Waals surface area contributed by atoms with Crippen molar-refractivity contribution in [3.05, 3.63) is 83.4 Å². The van der Waals surface area contributed by atoms with Gasteiger partial charge in [0.1, 0.15) is 0 Å². The molecule has 2 aromatic carbocycles.